The number of aryl methyl sites for hydroxylation is 1. The van der Waals surface area contributed by atoms with Crippen molar-refractivity contribution in [2.24, 2.45) is 5.73 Å². The van der Waals surface area contributed by atoms with Crippen LogP contribution in [0.4, 0.5) is 0 Å². The monoisotopic (exact) mass is 296 g/mol. The minimum Gasteiger partial charge on any atom is -0.381 e. The fraction of sp³-hybridized carbons (Fsp3) is 0.733. The number of rotatable bonds is 11. The Morgan fingerprint density at radius 1 is 1.38 bits per heavy atom. The normalized spacial score (nSPS) is 10.8. The number of nitrogens with zero attached hydrogens (tertiary/aromatic N) is 2. The molecule has 120 valence electrons. The first kappa shape index (κ1) is 17.7. The van der Waals surface area contributed by atoms with Crippen molar-refractivity contribution in [2.45, 2.75) is 46.1 Å². The number of carbonyl (C=O) groups excluding carboxylic acids is 1. The summed E-state index contributed by atoms with van der Waals surface area (Å²) in [6.07, 6.45) is 5.55. The Labute approximate surface area is 127 Å². The van der Waals surface area contributed by atoms with E-state index >= 15 is 0 Å². The van der Waals surface area contributed by atoms with E-state index in [9.17, 15) is 4.79 Å². The molecule has 0 aliphatic carbocycles. The van der Waals surface area contributed by atoms with Crippen molar-refractivity contribution in [2.75, 3.05) is 26.3 Å². The summed E-state index contributed by atoms with van der Waals surface area (Å²) in [6.45, 7) is 7.54. The van der Waals surface area contributed by atoms with E-state index in [1.807, 2.05) is 11.6 Å². The Bertz CT molecular complexity index is 418. The lowest BCUT2D eigenvalue weighted by Gasteiger charge is -2.07. The van der Waals surface area contributed by atoms with E-state index < -0.39 is 0 Å². The van der Waals surface area contributed by atoms with Crippen LogP contribution < -0.4 is 11.1 Å². The molecular formula is C15H28N4O2. The van der Waals surface area contributed by atoms with Crippen LogP contribution >= 0.6 is 0 Å². The van der Waals surface area contributed by atoms with Crippen molar-refractivity contribution < 1.29 is 9.53 Å². The molecule has 0 saturated carbocycles. The van der Waals surface area contributed by atoms with Gasteiger partial charge in [0, 0.05) is 32.0 Å². The Kier molecular flexibility index (Phi) is 8.69. The minimum atomic E-state index is -0.0694. The molecule has 0 unspecified atom stereocenters. The average Bonchev–Trinajstić information content (AvgIpc) is 2.85. The molecule has 0 fully saturated rings. The van der Waals surface area contributed by atoms with Crippen LogP contribution in [0.2, 0.25) is 0 Å². The van der Waals surface area contributed by atoms with Gasteiger partial charge >= 0.3 is 0 Å². The van der Waals surface area contributed by atoms with Crippen molar-refractivity contribution in [3.63, 3.8) is 0 Å². The number of ether oxygens (including phenoxy) is 1. The number of hydrogen-bond donors (Lipinski definition) is 2. The summed E-state index contributed by atoms with van der Waals surface area (Å²) in [7, 11) is 0. The molecule has 0 bridgehead atoms. The predicted octanol–water partition coefficient (Wildman–Crippen LogP) is 1.48. The number of hydrogen-bond acceptors (Lipinski definition) is 4. The van der Waals surface area contributed by atoms with Gasteiger partial charge in [0.2, 0.25) is 0 Å². The standard InChI is InChI=1S/C15H28N4O2/c1-3-4-10-21-11-6-8-17-15(20)14-12-18-19(13(14)2)9-5-7-16/h12H,3-11,16H2,1-2H3,(H,17,20). The second-order valence-electron chi connectivity index (χ2n) is 5.08. The molecule has 21 heavy (non-hydrogen) atoms. The highest BCUT2D eigenvalue weighted by atomic mass is 16.5. The summed E-state index contributed by atoms with van der Waals surface area (Å²) in [6, 6.07) is 0. The molecule has 1 rings (SSSR count). The van der Waals surface area contributed by atoms with E-state index in [4.69, 9.17) is 10.5 Å². The molecule has 6 heteroatoms. The van der Waals surface area contributed by atoms with Crippen LogP contribution in [0.3, 0.4) is 0 Å². The van der Waals surface area contributed by atoms with Crippen LogP contribution in [-0.4, -0.2) is 42.0 Å². The van der Waals surface area contributed by atoms with Gasteiger partial charge in [-0.25, -0.2) is 0 Å². The summed E-state index contributed by atoms with van der Waals surface area (Å²) in [5.41, 5.74) is 7.01. The zero-order valence-electron chi connectivity index (χ0n) is 13.2. The van der Waals surface area contributed by atoms with Crippen LogP contribution in [0.5, 0.6) is 0 Å². The molecular weight excluding hydrogens is 268 g/mol. The molecule has 0 aliphatic heterocycles. The smallest absolute Gasteiger partial charge is 0.254 e. The average molecular weight is 296 g/mol. The Morgan fingerprint density at radius 3 is 2.86 bits per heavy atom. The first-order chi connectivity index (χ1) is 10.2. The maximum absolute atomic E-state index is 12.1. The number of amides is 1. The van der Waals surface area contributed by atoms with E-state index in [1.165, 1.54) is 0 Å². The van der Waals surface area contributed by atoms with Gasteiger partial charge in [0.15, 0.2) is 0 Å². The zero-order chi connectivity index (χ0) is 15.5. The summed E-state index contributed by atoms with van der Waals surface area (Å²) in [4.78, 5) is 12.1. The van der Waals surface area contributed by atoms with Crippen molar-refractivity contribution in [1.82, 2.24) is 15.1 Å². The van der Waals surface area contributed by atoms with Gasteiger partial charge in [-0.2, -0.15) is 5.10 Å². The second kappa shape index (κ2) is 10.3. The summed E-state index contributed by atoms with van der Waals surface area (Å²) in [5, 5.41) is 7.13. The molecule has 1 amide bonds. The van der Waals surface area contributed by atoms with Gasteiger partial charge in [-0.15, -0.1) is 0 Å². The van der Waals surface area contributed by atoms with Gasteiger partial charge in [-0.05, 0) is 32.7 Å². The lowest BCUT2D eigenvalue weighted by molar-refractivity contribution is 0.0939. The highest BCUT2D eigenvalue weighted by molar-refractivity contribution is 5.94. The van der Waals surface area contributed by atoms with Crippen LogP contribution in [-0.2, 0) is 11.3 Å². The molecule has 1 aromatic heterocycles. The fourth-order valence-electron chi connectivity index (χ4n) is 1.96. The highest BCUT2D eigenvalue weighted by Gasteiger charge is 2.13. The van der Waals surface area contributed by atoms with E-state index in [2.05, 4.69) is 17.3 Å². The van der Waals surface area contributed by atoms with Gasteiger partial charge in [0.25, 0.3) is 5.91 Å². The lowest BCUT2D eigenvalue weighted by atomic mass is 10.2. The van der Waals surface area contributed by atoms with Gasteiger partial charge < -0.3 is 15.8 Å². The summed E-state index contributed by atoms with van der Waals surface area (Å²) >= 11 is 0. The van der Waals surface area contributed by atoms with Gasteiger partial charge in [-0.3, -0.25) is 9.48 Å². The first-order valence-electron chi connectivity index (χ1n) is 7.79. The molecule has 0 radical (unpaired) electrons. The van der Waals surface area contributed by atoms with Crippen molar-refractivity contribution in [3.05, 3.63) is 17.5 Å². The molecule has 0 aliphatic rings. The Hall–Kier alpha value is -1.40. The van der Waals surface area contributed by atoms with Gasteiger partial charge in [0.1, 0.15) is 0 Å². The predicted molar refractivity (Wildman–Crippen MR) is 83.3 cm³/mol. The fourth-order valence-corrected chi connectivity index (χ4v) is 1.96. The van der Waals surface area contributed by atoms with E-state index in [1.54, 1.807) is 6.20 Å². The van der Waals surface area contributed by atoms with Crippen molar-refractivity contribution in [1.29, 1.82) is 0 Å². The van der Waals surface area contributed by atoms with Crippen molar-refractivity contribution >= 4 is 5.91 Å². The third-order valence-electron chi connectivity index (χ3n) is 3.32. The Morgan fingerprint density at radius 2 is 2.14 bits per heavy atom. The summed E-state index contributed by atoms with van der Waals surface area (Å²) < 4.78 is 7.28. The van der Waals surface area contributed by atoms with Crippen LogP contribution in [0.15, 0.2) is 6.20 Å². The van der Waals surface area contributed by atoms with E-state index in [0.717, 1.165) is 44.5 Å². The maximum Gasteiger partial charge on any atom is 0.254 e. The number of nitrogens with one attached hydrogen (secondary N) is 1. The quantitative estimate of drug-likeness (QED) is 0.606. The number of unbranched alkanes of at least 4 members (excludes halogenated alkanes) is 1. The molecule has 0 spiro atoms. The van der Waals surface area contributed by atoms with Gasteiger partial charge in [0.05, 0.1) is 11.8 Å². The van der Waals surface area contributed by atoms with Crippen LogP contribution in [0, 0.1) is 6.92 Å². The molecule has 0 saturated heterocycles. The number of aromatic nitrogens is 2. The highest BCUT2D eigenvalue weighted by Crippen LogP contribution is 2.07. The molecule has 1 heterocycles. The third kappa shape index (κ3) is 6.27. The molecule has 1 aromatic rings. The van der Waals surface area contributed by atoms with Crippen molar-refractivity contribution in [3.8, 4) is 0 Å². The SMILES string of the molecule is CCCCOCCCNC(=O)c1cnn(CCCN)c1C. The summed E-state index contributed by atoms with van der Waals surface area (Å²) in [5.74, 6) is -0.0694. The largest absolute Gasteiger partial charge is 0.381 e. The first-order valence-corrected chi connectivity index (χ1v) is 7.79. The Balaban J connectivity index is 2.27. The molecule has 0 aromatic carbocycles. The van der Waals surface area contributed by atoms with Gasteiger partial charge in [-0.1, -0.05) is 13.3 Å². The minimum absolute atomic E-state index is 0.0694. The molecule has 6 nitrogen and oxygen atoms in total. The van der Waals surface area contributed by atoms with E-state index in [0.29, 0.717) is 25.3 Å². The van der Waals surface area contributed by atoms with E-state index in [-0.39, 0.29) is 5.91 Å². The number of carbonyl (C=O) groups is 1. The molecule has 0 atom stereocenters. The third-order valence-corrected chi connectivity index (χ3v) is 3.32. The van der Waals surface area contributed by atoms with Crippen LogP contribution in [0.25, 0.3) is 0 Å². The maximum atomic E-state index is 12.1. The molecule has 3 N–H and O–H groups in total. The topological polar surface area (TPSA) is 82.2 Å². The van der Waals surface area contributed by atoms with Crippen LogP contribution in [0.1, 0.15) is 48.7 Å². The lowest BCUT2D eigenvalue weighted by Crippen LogP contribution is -2.25. The second-order valence-corrected chi connectivity index (χ2v) is 5.08. The zero-order valence-corrected chi connectivity index (χ0v) is 13.2. The number of nitrogens with two attached hydrogens (primary N) is 1.